The summed E-state index contributed by atoms with van der Waals surface area (Å²) in [4.78, 5) is 0. The van der Waals surface area contributed by atoms with Gasteiger partial charge in [-0.05, 0) is 13.8 Å². The van der Waals surface area contributed by atoms with E-state index in [2.05, 4.69) is 38.1 Å². The minimum atomic E-state index is -3.12. The highest BCUT2D eigenvalue weighted by Crippen LogP contribution is 2.00. The number of rotatable bonds is 0. The van der Waals surface area contributed by atoms with Gasteiger partial charge in [-0.25, -0.2) is 8.42 Å². The molecule has 0 saturated carbocycles. The SMILES string of the molecule is Cc1cccc(C)c1.O=[SH](=O)O. The van der Waals surface area contributed by atoms with E-state index in [1.165, 1.54) is 11.1 Å². The number of hydrogen-bond donors (Lipinski definition) is 2. The van der Waals surface area contributed by atoms with E-state index >= 15 is 0 Å². The van der Waals surface area contributed by atoms with Gasteiger partial charge >= 0.3 is 0 Å². The van der Waals surface area contributed by atoms with Gasteiger partial charge in [0.05, 0.1) is 0 Å². The fourth-order valence-electron chi connectivity index (χ4n) is 0.807. The molecule has 4 heteroatoms. The number of thiol groups is 1. The molecule has 3 nitrogen and oxygen atoms in total. The third kappa shape index (κ3) is 7.24. The number of aryl methyl sites for hydroxylation is 2. The molecule has 0 aromatic heterocycles. The molecular weight excluding hydrogens is 176 g/mol. The van der Waals surface area contributed by atoms with Crippen LogP contribution in [0, 0.1) is 13.8 Å². The lowest BCUT2D eigenvalue weighted by Crippen LogP contribution is -1.71. The van der Waals surface area contributed by atoms with Crippen LogP contribution in [0.4, 0.5) is 0 Å². The zero-order valence-electron chi connectivity index (χ0n) is 7.02. The first-order valence-corrected chi connectivity index (χ1v) is 4.52. The highest BCUT2D eigenvalue weighted by atomic mass is 32.2. The molecular formula is C8H12O3S. The van der Waals surface area contributed by atoms with Crippen molar-refractivity contribution in [1.29, 1.82) is 0 Å². The quantitative estimate of drug-likeness (QED) is 0.477. The van der Waals surface area contributed by atoms with Gasteiger partial charge in [-0.2, -0.15) is 0 Å². The lowest BCUT2D eigenvalue weighted by atomic mass is 10.2. The standard InChI is InChI=1S/C8H10.H2O3S/c1-7-4-3-5-8(2)6-7;1-4(2)3/h3-6H,1-2H3;4H,(H,1,2,3). The molecule has 0 unspecified atom stereocenters. The summed E-state index contributed by atoms with van der Waals surface area (Å²) >= 11 is 0. The van der Waals surface area contributed by atoms with Crippen LogP contribution in [0.5, 0.6) is 0 Å². The maximum Gasteiger partial charge on any atom is 0.254 e. The third-order valence-electron chi connectivity index (χ3n) is 1.17. The molecule has 1 N–H and O–H groups in total. The van der Waals surface area contributed by atoms with Crippen LogP contribution in [0.2, 0.25) is 0 Å². The lowest BCUT2D eigenvalue weighted by molar-refractivity contribution is 0.509. The van der Waals surface area contributed by atoms with Gasteiger partial charge < -0.3 is 0 Å². The second-order valence-electron chi connectivity index (χ2n) is 2.40. The zero-order chi connectivity index (χ0) is 9.56. The Morgan fingerprint density at radius 3 is 1.67 bits per heavy atom. The van der Waals surface area contributed by atoms with Gasteiger partial charge in [-0.1, -0.05) is 35.4 Å². The molecule has 0 amide bonds. The average Bonchev–Trinajstić information content (AvgIpc) is 1.84. The number of hydrogen-bond acceptors (Lipinski definition) is 2. The molecule has 1 rings (SSSR count). The molecule has 1 aromatic carbocycles. The molecule has 0 atom stereocenters. The fourth-order valence-corrected chi connectivity index (χ4v) is 0.807. The summed E-state index contributed by atoms with van der Waals surface area (Å²) in [5, 5.41) is 0. The van der Waals surface area contributed by atoms with Crippen LogP contribution >= 0.6 is 0 Å². The Labute approximate surface area is 73.8 Å². The topological polar surface area (TPSA) is 54.4 Å². The van der Waals surface area contributed by atoms with Gasteiger partial charge in [-0.15, -0.1) is 0 Å². The van der Waals surface area contributed by atoms with Crippen molar-refractivity contribution in [3.05, 3.63) is 35.4 Å². The molecule has 0 radical (unpaired) electrons. The maximum atomic E-state index is 8.59. The fraction of sp³-hybridized carbons (Fsp3) is 0.250. The summed E-state index contributed by atoms with van der Waals surface area (Å²) in [5.41, 5.74) is 2.68. The average molecular weight is 188 g/mol. The minimum Gasteiger partial charge on any atom is -0.288 e. The van der Waals surface area contributed by atoms with E-state index in [1.54, 1.807) is 0 Å². The largest absolute Gasteiger partial charge is 0.288 e. The third-order valence-corrected chi connectivity index (χ3v) is 1.17. The summed E-state index contributed by atoms with van der Waals surface area (Å²) < 4.78 is 24.2. The van der Waals surface area contributed by atoms with Crippen molar-refractivity contribution >= 4 is 11.0 Å². The van der Waals surface area contributed by atoms with E-state index in [-0.39, 0.29) is 0 Å². The molecule has 1 aromatic rings. The van der Waals surface area contributed by atoms with Crippen LogP contribution in [0.25, 0.3) is 0 Å². The van der Waals surface area contributed by atoms with E-state index < -0.39 is 11.0 Å². The highest BCUT2D eigenvalue weighted by molar-refractivity contribution is 7.66. The van der Waals surface area contributed by atoms with Crippen molar-refractivity contribution in [1.82, 2.24) is 0 Å². The van der Waals surface area contributed by atoms with Crippen molar-refractivity contribution in [2.75, 3.05) is 0 Å². The predicted molar refractivity (Wildman–Crippen MR) is 48.9 cm³/mol. The predicted octanol–water partition coefficient (Wildman–Crippen LogP) is 1.37. The normalized spacial score (nSPS) is 9.00. The summed E-state index contributed by atoms with van der Waals surface area (Å²) in [6.07, 6.45) is 0. The van der Waals surface area contributed by atoms with Crippen LogP contribution < -0.4 is 0 Å². The molecule has 0 bridgehead atoms. The molecule has 0 aliphatic heterocycles. The summed E-state index contributed by atoms with van der Waals surface area (Å²) in [6.45, 7) is 4.21. The van der Waals surface area contributed by atoms with Crippen molar-refractivity contribution in [2.24, 2.45) is 0 Å². The molecule has 0 fully saturated rings. The summed E-state index contributed by atoms with van der Waals surface area (Å²) in [6, 6.07) is 8.45. The second kappa shape index (κ2) is 5.74. The van der Waals surface area contributed by atoms with Gasteiger partial charge in [0.2, 0.25) is 0 Å². The maximum absolute atomic E-state index is 8.59. The smallest absolute Gasteiger partial charge is 0.254 e. The van der Waals surface area contributed by atoms with Crippen molar-refractivity contribution in [3.8, 4) is 0 Å². The lowest BCUT2D eigenvalue weighted by Gasteiger charge is -1.90. The van der Waals surface area contributed by atoms with Crippen LogP contribution in [0.15, 0.2) is 24.3 Å². The van der Waals surface area contributed by atoms with Crippen LogP contribution in [0.3, 0.4) is 0 Å². The number of benzene rings is 1. The first-order valence-electron chi connectivity index (χ1n) is 3.39. The molecule has 0 aliphatic carbocycles. The highest BCUT2D eigenvalue weighted by Gasteiger charge is 1.80. The Kier molecular flexibility index (Phi) is 5.32. The molecule has 0 aliphatic rings. The summed E-state index contributed by atoms with van der Waals surface area (Å²) in [7, 11) is -3.12. The Morgan fingerprint density at radius 2 is 1.50 bits per heavy atom. The van der Waals surface area contributed by atoms with Crippen LogP contribution in [-0.4, -0.2) is 13.0 Å². The van der Waals surface area contributed by atoms with Crippen molar-refractivity contribution in [3.63, 3.8) is 0 Å². The first kappa shape index (κ1) is 11.1. The Balaban J connectivity index is 0.000000261. The van der Waals surface area contributed by atoms with E-state index in [4.69, 9.17) is 13.0 Å². The molecule has 0 spiro atoms. The van der Waals surface area contributed by atoms with E-state index in [9.17, 15) is 0 Å². The Hall–Kier alpha value is -0.870. The van der Waals surface area contributed by atoms with Gasteiger partial charge in [0, 0.05) is 0 Å². The molecule has 68 valence electrons. The molecule has 12 heavy (non-hydrogen) atoms. The van der Waals surface area contributed by atoms with E-state index in [0.29, 0.717) is 0 Å². The monoisotopic (exact) mass is 188 g/mol. The minimum absolute atomic E-state index is 1.34. The zero-order valence-corrected chi connectivity index (χ0v) is 7.91. The first-order chi connectivity index (χ1) is 5.52. The van der Waals surface area contributed by atoms with Crippen molar-refractivity contribution in [2.45, 2.75) is 13.8 Å². The Bertz CT molecular complexity index is 280. The Morgan fingerprint density at radius 1 is 1.17 bits per heavy atom. The van der Waals surface area contributed by atoms with Crippen LogP contribution in [0.1, 0.15) is 11.1 Å². The second-order valence-corrected chi connectivity index (χ2v) is 2.87. The molecule has 0 saturated heterocycles. The molecule has 0 heterocycles. The van der Waals surface area contributed by atoms with Gasteiger partial charge in [0.15, 0.2) is 0 Å². The van der Waals surface area contributed by atoms with E-state index in [1.807, 2.05) is 0 Å². The van der Waals surface area contributed by atoms with Gasteiger partial charge in [0.25, 0.3) is 11.0 Å². The van der Waals surface area contributed by atoms with Gasteiger partial charge in [-0.3, -0.25) is 4.55 Å². The summed E-state index contributed by atoms with van der Waals surface area (Å²) in [5.74, 6) is 0. The van der Waals surface area contributed by atoms with Crippen molar-refractivity contribution < 1.29 is 13.0 Å². The van der Waals surface area contributed by atoms with E-state index in [0.717, 1.165) is 0 Å². The van der Waals surface area contributed by atoms with Gasteiger partial charge in [0.1, 0.15) is 0 Å². The van der Waals surface area contributed by atoms with Crippen LogP contribution in [-0.2, 0) is 11.0 Å².